The molecule has 0 fully saturated rings. The summed E-state index contributed by atoms with van der Waals surface area (Å²) in [6, 6.07) is 7.31. The molecule has 15 heavy (non-hydrogen) atoms. The van der Waals surface area contributed by atoms with Crippen LogP contribution in [0.5, 0.6) is 0 Å². The Bertz CT molecular complexity index is 388. The Morgan fingerprint density at radius 3 is 2.00 bits per heavy atom. The number of rotatable bonds is 3. The number of aryl methyl sites for hydroxylation is 1. The fourth-order valence-electron chi connectivity index (χ4n) is 1.37. The Morgan fingerprint density at radius 2 is 1.60 bits per heavy atom. The van der Waals surface area contributed by atoms with Gasteiger partial charge in [-0.2, -0.15) is 0 Å². The first-order chi connectivity index (χ1) is 6.85. The highest BCUT2D eigenvalue weighted by atomic mass is 16.4. The van der Waals surface area contributed by atoms with E-state index in [0.29, 0.717) is 0 Å². The van der Waals surface area contributed by atoms with E-state index in [2.05, 4.69) is 0 Å². The van der Waals surface area contributed by atoms with Crippen molar-refractivity contribution in [1.29, 1.82) is 0 Å². The summed E-state index contributed by atoms with van der Waals surface area (Å²) in [5, 5.41) is 8.68. The van der Waals surface area contributed by atoms with Crippen molar-refractivity contribution < 1.29 is 14.7 Å². The first kappa shape index (κ1) is 11.4. The van der Waals surface area contributed by atoms with Crippen molar-refractivity contribution in [3.8, 4) is 0 Å². The van der Waals surface area contributed by atoms with Gasteiger partial charge in [-0.25, -0.2) is 4.79 Å². The van der Waals surface area contributed by atoms with Crippen LogP contribution >= 0.6 is 0 Å². The lowest BCUT2D eigenvalue weighted by molar-refractivity contribution is -0.151. The molecule has 0 amide bonds. The number of Topliss-reactive ketones (excluding diaryl/α,β-unsaturated/α-hetero) is 1. The van der Waals surface area contributed by atoms with E-state index >= 15 is 0 Å². The van der Waals surface area contributed by atoms with E-state index in [-0.39, 0.29) is 0 Å². The molecule has 1 aromatic carbocycles. The number of carboxylic acid groups (broad SMARTS) is 1. The SMILES string of the molecule is Cc1ccc(C(C)(C)C(=O)C(=O)O)cc1. The minimum absolute atomic E-state index is 0.723. The van der Waals surface area contributed by atoms with Crippen LogP contribution in [0, 0.1) is 6.92 Å². The first-order valence-electron chi connectivity index (χ1n) is 4.70. The highest BCUT2D eigenvalue weighted by Gasteiger charge is 2.34. The maximum Gasteiger partial charge on any atom is 0.373 e. The summed E-state index contributed by atoms with van der Waals surface area (Å²) in [4.78, 5) is 22.1. The highest BCUT2D eigenvalue weighted by Crippen LogP contribution is 2.24. The summed E-state index contributed by atoms with van der Waals surface area (Å²) < 4.78 is 0. The molecule has 0 atom stereocenters. The number of benzene rings is 1. The Kier molecular flexibility index (Phi) is 2.93. The van der Waals surface area contributed by atoms with Crippen LogP contribution in [0.1, 0.15) is 25.0 Å². The van der Waals surface area contributed by atoms with Crippen LogP contribution in [-0.2, 0) is 15.0 Å². The Labute approximate surface area is 88.7 Å². The van der Waals surface area contributed by atoms with Gasteiger partial charge in [0.15, 0.2) is 0 Å². The van der Waals surface area contributed by atoms with Crippen LogP contribution in [0.3, 0.4) is 0 Å². The predicted molar refractivity (Wildman–Crippen MR) is 56.8 cm³/mol. The molecule has 0 aliphatic heterocycles. The molecule has 0 bridgehead atoms. The van der Waals surface area contributed by atoms with Crippen LogP contribution in [0.2, 0.25) is 0 Å². The first-order valence-corrected chi connectivity index (χ1v) is 4.70. The Balaban J connectivity index is 3.10. The van der Waals surface area contributed by atoms with Gasteiger partial charge < -0.3 is 5.11 Å². The third-order valence-electron chi connectivity index (χ3n) is 2.54. The van der Waals surface area contributed by atoms with Crippen LogP contribution < -0.4 is 0 Å². The van der Waals surface area contributed by atoms with Crippen molar-refractivity contribution in [2.75, 3.05) is 0 Å². The van der Waals surface area contributed by atoms with Gasteiger partial charge in [-0.05, 0) is 26.3 Å². The van der Waals surface area contributed by atoms with Gasteiger partial charge in [-0.15, -0.1) is 0 Å². The van der Waals surface area contributed by atoms with Gasteiger partial charge in [-0.1, -0.05) is 29.8 Å². The molecule has 1 aromatic rings. The lowest BCUT2D eigenvalue weighted by Crippen LogP contribution is -2.34. The number of carbonyl (C=O) groups is 2. The number of ketones is 1. The monoisotopic (exact) mass is 206 g/mol. The summed E-state index contributed by atoms with van der Waals surface area (Å²) in [5.74, 6) is -2.17. The van der Waals surface area contributed by atoms with E-state index in [0.717, 1.165) is 11.1 Å². The number of hydrogen-bond acceptors (Lipinski definition) is 2. The molecule has 1 rings (SSSR count). The van der Waals surface area contributed by atoms with Crippen molar-refractivity contribution in [3.63, 3.8) is 0 Å². The zero-order chi connectivity index (χ0) is 11.6. The molecule has 0 heterocycles. The topological polar surface area (TPSA) is 54.4 Å². The van der Waals surface area contributed by atoms with Gasteiger partial charge in [0.25, 0.3) is 0 Å². The molecule has 0 saturated heterocycles. The summed E-state index contributed by atoms with van der Waals surface area (Å²) in [6.45, 7) is 5.18. The quantitative estimate of drug-likeness (QED) is 0.769. The van der Waals surface area contributed by atoms with Crippen LogP contribution in [0.4, 0.5) is 0 Å². The molecule has 0 aliphatic rings. The van der Waals surface area contributed by atoms with Crippen molar-refractivity contribution in [2.24, 2.45) is 0 Å². The molecule has 0 aromatic heterocycles. The average Bonchev–Trinajstić information content (AvgIpc) is 2.17. The molecule has 0 radical (unpaired) electrons. The second-order valence-corrected chi connectivity index (χ2v) is 4.13. The Hall–Kier alpha value is -1.64. The highest BCUT2D eigenvalue weighted by molar-refractivity contribution is 6.36. The third-order valence-corrected chi connectivity index (χ3v) is 2.54. The van der Waals surface area contributed by atoms with Gasteiger partial charge >= 0.3 is 5.97 Å². The summed E-state index contributed by atoms with van der Waals surface area (Å²) >= 11 is 0. The average molecular weight is 206 g/mol. The van der Waals surface area contributed by atoms with Crippen molar-refractivity contribution in [1.82, 2.24) is 0 Å². The Morgan fingerprint density at radius 1 is 1.13 bits per heavy atom. The molecule has 80 valence electrons. The van der Waals surface area contributed by atoms with E-state index in [4.69, 9.17) is 5.11 Å². The molecule has 0 saturated carbocycles. The van der Waals surface area contributed by atoms with Crippen molar-refractivity contribution >= 4 is 11.8 Å². The normalized spacial score (nSPS) is 11.1. The second kappa shape index (κ2) is 3.85. The molecule has 3 heteroatoms. The second-order valence-electron chi connectivity index (χ2n) is 4.13. The fraction of sp³-hybridized carbons (Fsp3) is 0.333. The van der Waals surface area contributed by atoms with E-state index in [1.54, 1.807) is 26.0 Å². The van der Waals surface area contributed by atoms with Gasteiger partial charge in [0.2, 0.25) is 5.78 Å². The lowest BCUT2D eigenvalue weighted by Gasteiger charge is -2.21. The largest absolute Gasteiger partial charge is 0.475 e. The zero-order valence-electron chi connectivity index (χ0n) is 9.07. The van der Waals surface area contributed by atoms with Gasteiger partial charge in [-0.3, -0.25) is 4.79 Å². The predicted octanol–water partition coefficient (Wildman–Crippen LogP) is 1.93. The fourth-order valence-corrected chi connectivity index (χ4v) is 1.37. The smallest absolute Gasteiger partial charge is 0.373 e. The number of carbonyl (C=O) groups excluding carboxylic acids is 1. The minimum atomic E-state index is -1.39. The van der Waals surface area contributed by atoms with Crippen molar-refractivity contribution in [3.05, 3.63) is 35.4 Å². The third kappa shape index (κ3) is 2.24. The van der Waals surface area contributed by atoms with Gasteiger partial charge in [0.05, 0.1) is 5.41 Å². The molecule has 1 N–H and O–H groups in total. The molecule has 0 aliphatic carbocycles. The maximum absolute atomic E-state index is 11.5. The van der Waals surface area contributed by atoms with E-state index in [9.17, 15) is 9.59 Å². The van der Waals surface area contributed by atoms with Gasteiger partial charge in [0, 0.05) is 0 Å². The molecular weight excluding hydrogens is 192 g/mol. The van der Waals surface area contributed by atoms with Gasteiger partial charge in [0.1, 0.15) is 0 Å². The van der Waals surface area contributed by atoms with Crippen LogP contribution in [0.25, 0.3) is 0 Å². The summed E-state index contributed by atoms with van der Waals surface area (Å²) in [7, 11) is 0. The molecular formula is C12H14O3. The number of hydrogen-bond donors (Lipinski definition) is 1. The maximum atomic E-state index is 11.5. The number of carboxylic acids is 1. The van der Waals surface area contributed by atoms with Crippen molar-refractivity contribution in [2.45, 2.75) is 26.2 Å². The molecule has 3 nitrogen and oxygen atoms in total. The zero-order valence-corrected chi connectivity index (χ0v) is 9.07. The molecule has 0 unspecified atom stereocenters. The number of aliphatic carboxylic acids is 1. The van der Waals surface area contributed by atoms with E-state index < -0.39 is 17.2 Å². The summed E-state index contributed by atoms with van der Waals surface area (Å²) in [6.07, 6.45) is 0. The molecule has 0 spiro atoms. The van der Waals surface area contributed by atoms with Crippen LogP contribution in [-0.4, -0.2) is 16.9 Å². The van der Waals surface area contributed by atoms with Crippen LogP contribution in [0.15, 0.2) is 24.3 Å². The summed E-state index contributed by atoms with van der Waals surface area (Å²) in [5.41, 5.74) is 0.831. The van der Waals surface area contributed by atoms with E-state index in [1.807, 2.05) is 19.1 Å². The standard InChI is InChI=1S/C12H14O3/c1-8-4-6-9(7-5-8)12(2,3)10(13)11(14)15/h4-7H,1-3H3,(H,14,15). The minimum Gasteiger partial charge on any atom is -0.475 e. The van der Waals surface area contributed by atoms with E-state index in [1.165, 1.54) is 0 Å². The lowest BCUT2D eigenvalue weighted by atomic mass is 9.80.